The van der Waals surface area contributed by atoms with E-state index in [0.29, 0.717) is 17.4 Å². The predicted molar refractivity (Wildman–Crippen MR) is 119 cm³/mol. The van der Waals surface area contributed by atoms with Gasteiger partial charge < -0.3 is 9.88 Å². The van der Waals surface area contributed by atoms with Crippen LogP contribution in [-0.4, -0.2) is 31.4 Å². The van der Waals surface area contributed by atoms with Gasteiger partial charge in [-0.05, 0) is 48.4 Å². The molecule has 0 aliphatic rings. The van der Waals surface area contributed by atoms with Crippen LogP contribution in [0.1, 0.15) is 5.56 Å². The summed E-state index contributed by atoms with van der Waals surface area (Å²) in [6, 6.07) is 19.6. The minimum absolute atomic E-state index is 0.164. The predicted octanol–water partition coefficient (Wildman–Crippen LogP) is 4.45. The van der Waals surface area contributed by atoms with E-state index >= 15 is 0 Å². The highest BCUT2D eigenvalue weighted by molar-refractivity contribution is 7.99. The molecule has 0 saturated carbocycles. The van der Waals surface area contributed by atoms with Gasteiger partial charge in [-0.25, -0.2) is 4.39 Å². The zero-order valence-electron chi connectivity index (χ0n) is 16.6. The summed E-state index contributed by atoms with van der Waals surface area (Å²) in [4.78, 5) is 16.4. The van der Waals surface area contributed by atoms with Crippen LogP contribution in [0.15, 0.2) is 84.3 Å². The Morgan fingerprint density at radius 1 is 0.968 bits per heavy atom. The summed E-state index contributed by atoms with van der Waals surface area (Å²) in [5.41, 5.74) is 2.68. The number of halogens is 1. The standard InChI is InChI=1S/C23H20FN5OS/c24-19-6-8-20(9-7-19)26-21(30)16-31-23-28-27-22(18-10-13-25-14-11-18)29(23)15-12-17-4-2-1-3-5-17/h1-11,13-14H,12,15-16H2,(H,26,30). The molecule has 4 rings (SSSR count). The fourth-order valence-corrected chi connectivity index (χ4v) is 3.82. The number of nitrogens with zero attached hydrogens (tertiary/aromatic N) is 4. The first-order valence-electron chi connectivity index (χ1n) is 9.75. The van der Waals surface area contributed by atoms with E-state index in [1.54, 1.807) is 12.4 Å². The van der Waals surface area contributed by atoms with Crippen LogP contribution in [0.2, 0.25) is 0 Å². The number of aromatic nitrogens is 4. The molecule has 0 atom stereocenters. The monoisotopic (exact) mass is 433 g/mol. The molecule has 2 heterocycles. The smallest absolute Gasteiger partial charge is 0.234 e. The van der Waals surface area contributed by atoms with E-state index in [0.717, 1.165) is 17.8 Å². The van der Waals surface area contributed by atoms with Crippen LogP contribution in [-0.2, 0) is 17.8 Å². The van der Waals surface area contributed by atoms with Crippen molar-refractivity contribution < 1.29 is 9.18 Å². The molecule has 0 aliphatic carbocycles. The van der Waals surface area contributed by atoms with Crippen molar-refractivity contribution >= 4 is 23.4 Å². The number of thioether (sulfide) groups is 1. The summed E-state index contributed by atoms with van der Waals surface area (Å²) in [6.45, 7) is 0.677. The third-order valence-electron chi connectivity index (χ3n) is 4.58. The van der Waals surface area contributed by atoms with Gasteiger partial charge in [-0.2, -0.15) is 0 Å². The molecular formula is C23H20FN5OS. The normalized spacial score (nSPS) is 10.7. The first kappa shape index (κ1) is 20.7. The molecule has 156 valence electrons. The van der Waals surface area contributed by atoms with Crippen LogP contribution >= 0.6 is 11.8 Å². The Labute approximate surface area is 183 Å². The lowest BCUT2D eigenvalue weighted by molar-refractivity contribution is -0.113. The van der Waals surface area contributed by atoms with Crippen molar-refractivity contribution in [3.63, 3.8) is 0 Å². The Morgan fingerprint density at radius 2 is 1.71 bits per heavy atom. The molecule has 0 fully saturated rings. The third kappa shape index (κ3) is 5.55. The number of hydrogen-bond acceptors (Lipinski definition) is 5. The van der Waals surface area contributed by atoms with Crippen LogP contribution < -0.4 is 5.32 Å². The van der Waals surface area contributed by atoms with Crippen molar-refractivity contribution in [2.45, 2.75) is 18.1 Å². The number of benzene rings is 2. The fourth-order valence-electron chi connectivity index (χ4n) is 3.06. The van der Waals surface area contributed by atoms with Crippen molar-refractivity contribution in [3.8, 4) is 11.4 Å². The maximum Gasteiger partial charge on any atom is 0.234 e. The summed E-state index contributed by atoms with van der Waals surface area (Å²) >= 11 is 1.32. The molecule has 0 radical (unpaired) electrons. The van der Waals surface area contributed by atoms with Gasteiger partial charge >= 0.3 is 0 Å². The molecule has 0 spiro atoms. The molecule has 0 aliphatic heterocycles. The summed E-state index contributed by atoms with van der Waals surface area (Å²) < 4.78 is 15.1. The average molecular weight is 434 g/mol. The topological polar surface area (TPSA) is 72.7 Å². The van der Waals surface area contributed by atoms with Crippen LogP contribution in [0.3, 0.4) is 0 Å². The molecule has 31 heavy (non-hydrogen) atoms. The Morgan fingerprint density at radius 3 is 2.45 bits per heavy atom. The zero-order chi connectivity index (χ0) is 21.5. The van der Waals surface area contributed by atoms with Gasteiger partial charge in [0.15, 0.2) is 11.0 Å². The summed E-state index contributed by atoms with van der Waals surface area (Å²) in [5.74, 6) is 0.360. The van der Waals surface area contributed by atoms with E-state index in [9.17, 15) is 9.18 Å². The summed E-state index contributed by atoms with van der Waals surface area (Å²) in [5, 5.41) is 12.1. The van der Waals surface area contributed by atoms with Gasteiger partial charge in [-0.1, -0.05) is 42.1 Å². The Kier molecular flexibility index (Phi) is 6.68. The molecule has 2 aromatic heterocycles. The van der Waals surface area contributed by atoms with Gasteiger partial charge in [0.25, 0.3) is 0 Å². The Bertz CT molecular complexity index is 1130. The lowest BCUT2D eigenvalue weighted by Gasteiger charge is -2.10. The minimum Gasteiger partial charge on any atom is -0.325 e. The lowest BCUT2D eigenvalue weighted by atomic mass is 10.1. The van der Waals surface area contributed by atoms with Crippen molar-refractivity contribution in [1.29, 1.82) is 0 Å². The molecule has 0 saturated heterocycles. The van der Waals surface area contributed by atoms with Crippen LogP contribution in [0, 0.1) is 5.82 Å². The number of pyridine rings is 1. The maximum absolute atomic E-state index is 13.0. The number of hydrogen-bond donors (Lipinski definition) is 1. The number of amides is 1. The van der Waals surface area contributed by atoms with E-state index in [4.69, 9.17) is 0 Å². The largest absolute Gasteiger partial charge is 0.325 e. The average Bonchev–Trinajstić information content (AvgIpc) is 3.22. The molecule has 0 bridgehead atoms. The molecular weight excluding hydrogens is 413 g/mol. The molecule has 8 heteroatoms. The third-order valence-corrected chi connectivity index (χ3v) is 5.55. The van der Waals surface area contributed by atoms with Crippen LogP contribution in [0.4, 0.5) is 10.1 Å². The zero-order valence-corrected chi connectivity index (χ0v) is 17.4. The van der Waals surface area contributed by atoms with Gasteiger partial charge in [0.2, 0.25) is 5.91 Å². The number of nitrogens with one attached hydrogen (secondary N) is 1. The SMILES string of the molecule is O=C(CSc1nnc(-c2ccncc2)n1CCc1ccccc1)Nc1ccc(F)cc1. The van der Waals surface area contributed by atoms with E-state index in [1.165, 1.54) is 41.6 Å². The quantitative estimate of drug-likeness (QED) is 0.416. The van der Waals surface area contributed by atoms with Crippen molar-refractivity contribution in [1.82, 2.24) is 19.7 Å². The molecule has 4 aromatic rings. The van der Waals surface area contributed by atoms with Crippen LogP contribution in [0.25, 0.3) is 11.4 Å². The lowest BCUT2D eigenvalue weighted by Crippen LogP contribution is -2.15. The highest BCUT2D eigenvalue weighted by Crippen LogP contribution is 2.24. The summed E-state index contributed by atoms with van der Waals surface area (Å²) in [7, 11) is 0. The Balaban J connectivity index is 1.48. The van der Waals surface area contributed by atoms with Gasteiger partial charge in [-0.3, -0.25) is 9.78 Å². The van der Waals surface area contributed by atoms with Gasteiger partial charge in [0.1, 0.15) is 5.82 Å². The van der Waals surface area contributed by atoms with Gasteiger partial charge in [0, 0.05) is 30.2 Å². The van der Waals surface area contributed by atoms with Crippen molar-refractivity contribution in [3.05, 3.63) is 90.5 Å². The maximum atomic E-state index is 13.0. The number of anilines is 1. The molecule has 1 N–H and O–H groups in total. The molecule has 2 aromatic carbocycles. The summed E-state index contributed by atoms with van der Waals surface area (Å²) in [6.07, 6.45) is 4.25. The van der Waals surface area contributed by atoms with Crippen molar-refractivity contribution in [2.75, 3.05) is 11.1 Å². The highest BCUT2D eigenvalue weighted by Gasteiger charge is 2.16. The number of rotatable bonds is 8. The fraction of sp³-hybridized carbons (Fsp3) is 0.130. The molecule has 6 nitrogen and oxygen atoms in total. The number of aryl methyl sites for hydroxylation is 1. The molecule has 0 unspecified atom stereocenters. The van der Waals surface area contributed by atoms with Crippen LogP contribution in [0.5, 0.6) is 0 Å². The first-order chi connectivity index (χ1) is 15.2. The van der Waals surface area contributed by atoms with E-state index in [-0.39, 0.29) is 17.5 Å². The van der Waals surface area contributed by atoms with E-state index < -0.39 is 0 Å². The minimum atomic E-state index is -0.345. The second kappa shape index (κ2) is 9.99. The molecule has 1 amide bonds. The van der Waals surface area contributed by atoms with Crippen molar-refractivity contribution in [2.24, 2.45) is 0 Å². The number of carbonyl (C=O) groups is 1. The Hall–Kier alpha value is -3.52. The highest BCUT2D eigenvalue weighted by atomic mass is 32.2. The van der Waals surface area contributed by atoms with E-state index in [1.807, 2.05) is 34.9 Å². The van der Waals surface area contributed by atoms with Gasteiger partial charge in [0.05, 0.1) is 5.75 Å². The van der Waals surface area contributed by atoms with E-state index in [2.05, 4.69) is 32.6 Å². The second-order valence-corrected chi connectivity index (χ2v) is 7.72. The second-order valence-electron chi connectivity index (χ2n) is 6.77. The first-order valence-corrected chi connectivity index (χ1v) is 10.7. The number of carbonyl (C=O) groups excluding carboxylic acids is 1. The van der Waals surface area contributed by atoms with Gasteiger partial charge in [-0.15, -0.1) is 10.2 Å².